The van der Waals surface area contributed by atoms with Crippen LogP contribution in [0.5, 0.6) is 0 Å². The molecule has 1 amide bonds. The molecule has 1 aliphatic heterocycles. The Labute approximate surface area is 173 Å². The van der Waals surface area contributed by atoms with Crippen molar-refractivity contribution >= 4 is 28.3 Å². The van der Waals surface area contributed by atoms with E-state index in [1.54, 1.807) is 35.6 Å². The standard InChI is InChI=1S/C22H21N3O3S/c1-28-21(27)17-9-7-16(8-10-17)20(26)24-22-23-18-11-12-25(14-19(18)29-22)13-15-5-3-2-4-6-15/h2-10H,11-14H2,1H3,(H,23,24,26)/p+1. The van der Waals surface area contributed by atoms with E-state index < -0.39 is 5.97 Å². The fourth-order valence-electron chi connectivity index (χ4n) is 3.46. The zero-order valence-electron chi connectivity index (χ0n) is 16.1. The Hall–Kier alpha value is -3.03. The molecule has 0 fully saturated rings. The van der Waals surface area contributed by atoms with Crippen LogP contribution in [0.3, 0.4) is 0 Å². The second-order valence-corrected chi connectivity index (χ2v) is 8.08. The van der Waals surface area contributed by atoms with Gasteiger partial charge < -0.3 is 9.64 Å². The van der Waals surface area contributed by atoms with Crippen molar-refractivity contribution in [3.05, 3.63) is 81.9 Å². The van der Waals surface area contributed by atoms with E-state index in [2.05, 4.69) is 39.3 Å². The predicted molar refractivity (Wildman–Crippen MR) is 111 cm³/mol. The number of thiazole rings is 1. The van der Waals surface area contributed by atoms with Gasteiger partial charge in [-0.2, -0.15) is 0 Å². The molecule has 7 heteroatoms. The zero-order chi connectivity index (χ0) is 20.2. The Bertz CT molecular complexity index is 1020. The van der Waals surface area contributed by atoms with Crippen molar-refractivity contribution in [2.45, 2.75) is 19.5 Å². The van der Waals surface area contributed by atoms with Crippen LogP contribution in [0.15, 0.2) is 54.6 Å². The Morgan fingerprint density at radius 3 is 2.55 bits per heavy atom. The van der Waals surface area contributed by atoms with Crippen molar-refractivity contribution in [2.75, 3.05) is 19.0 Å². The lowest BCUT2D eigenvalue weighted by Crippen LogP contribution is -3.10. The number of nitrogens with zero attached hydrogens (tertiary/aromatic N) is 1. The summed E-state index contributed by atoms with van der Waals surface area (Å²) < 4.78 is 4.68. The van der Waals surface area contributed by atoms with Crippen molar-refractivity contribution in [3.8, 4) is 0 Å². The maximum absolute atomic E-state index is 12.5. The topological polar surface area (TPSA) is 72.7 Å². The fraction of sp³-hybridized carbons (Fsp3) is 0.227. The van der Waals surface area contributed by atoms with Crippen LogP contribution in [-0.2, 0) is 24.2 Å². The lowest BCUT2D eigenvalue weighted by molar-refractivity contribution is -0.929. The molecule has 6 nitrogen and oxygen atoms in total. The maximum atomic E-state index is 12.5. The van der Waals surface area contributed by atoms with Gasteiger partial charge >= 0.3 is 5.97 Å². The molecule has 1 unspecified atom stereocenters. The number of methoxy groups -OCH3 is 1. The second kappa shape index (κ2) is 8.55. The number of quaternary nitrogens is 1. The first-order valence-electron chi connectivity index (χ1n) is 9.48. The van der Waals surface area contributed by atoms with Gasteiger partial charge in [-0.15, -0.1) is 0 Å². The van der Waals surface area contributed by atoms with E-state index in [-0.39, 0.29) is 5.91 Å². The molecule has 0 saturated heterocycles. The SMILES string of the molecule is COC(=O)c1ccc(C(=O)Nc2nc3c(s2)C[NH+](Cc2ccccc2)CC3)cc1. The largest absolute Gasteiger partial charge is 0.465 e. The average molecular weight is 409 g/mol. The third-order valence-electron chi connectivity index (χ3n) is 4.99. The van der Waals surface area contributed by atoms with E-state index in [4.69, 9.17) is 0 Å². The summed E-state index contributed by atoms with van der Waals surface area (Å²) in [4.78, 5) is 31.4. The molecule has 0 radical (unpaired) electrons. The summed E-state index contributed by atoms with van der Waals surface area (Å²) in [5.41, 5.74) is 3.31. The van der Waals surface area contributed by atoms with Gasteiger partial charge in [0.15, 0.2) is 5.13 Å². The van der Waals surface area contributed by atoms with Crippen molar-refractivity contribution in [1.29, 1.82) is 0 Å². The molecule has 4 rings (SSSR count). The van der Waals surface area contributed by atoms with Crippen molar-refractivity contribution in [2.24, 2.45) is 0 Å². The molecule has 2 N–H and O–H groups in total. The normalized spacial score (nSPS) is 15.4. The smallest absolute Gasteiger partial charge is 0.337 e. The number of fused-ring (bicyclic) bond motifs is 1. The summed E-state index contributed by atoms with van der Waals surface area (Å²) in [5, 5.41) is 3.51. The Morgan fingerprint density at radius 1 is 1.10 bits per heavy atom. The molecule has 148 valence electrons. The summed E-state index contributed by atoms with van der Waals surface area (Å²) >= 11 is 1.55. The molecule has 1 atom stereocenters. The molecular formula is C22H22N3O3S+. The van der Waals surface area contributed by atoms with Crippen LogP contribution in [0.4, 0.5) is 5.13 Å². The van der Waals surface area contributed by atoms with Gasteiger partial charge in [0.1, 0.15) is 13.1 Å². The summed E-state index contributed by atoms with van der Waals surface area (Å²) in [6.45, 7) is 2.95. The van der Waals surface area contributed by atoms with Crippen molar-refractivity contribution < 1.29 is 19.2 Å². The van der Waals surface area contributed by atoms with Crippen LogP contribution in [0.1, 0.15) is 36.9 Å². The number of nitrogens with one attached hydrogen (secondary N) is 2. The molecule has 0 bridgehead atoms. The fourth-order valence-corrected chi connectivity index (χ4v) is 4.54. The molecular weight excluding hydrogens is 386 g/mol. The van der Waals surface area contributed by atoms with Gasteiger partial charge in [-0.05, 0) is 24.3 Å². The van der Waals surface area contributed by atoms with Gasteiger partial charge in [0, 0.05) is 17.5 Å². The van der Waals surface area contributed by atoms with Crippen LogP contribution in [0.25, 0.3) is 0 Å². The van der Waals surface area contributed by atoms with E-state index in [0.29, 0.717) is 16.3 Å². The quantitative estimate of drug-likeness (QED) is 0.636. The van der Waals surface area contributed by atoms with E-state index in [1.165, 1.54) is 22.5 Å². The molecule has 1 aliphatic rings. The van der Waals surface area contributed by atoms with Gasteiger partial charge in [-0.1, -0.05) is 41.7 Å². The Morgan fingerprint density at radius 2 is 1.83 bits per heavy atom. The first kappa shape index (κ1) is 19.3. The van der Waals surface area contributed by atoms with E-state index in [1.807, 2.05) is 6.07 Å². The third-order valence-corrected chi connectivity index (χ3v) is 6.00. The van der Waals surface area contributed by atoms with Crippen LogP contribution >= 0.6 is 11.3 Å². The monoisotopic (exact) mass is 408 g/mol. The highest BCUT2D eigenvalue weighted by atomic mass is 32.1. The number of rotatable bonds is 5. The predicted octanol–water partition coefficient (Wildman–Crippen LogP) is 2.32. The van der Waals surface area contributed by atoms with E-state index >= 15 is 0 Å². The van der Waals surface area contributed by atoms with Crippen LogP contribution in [-0.4, -0.2) is 30.5 Å². The number of benzene rings is 2. The number of esters is 1. The van der Waals surface area contributed by atoms with Gasteiger partial charge in [0.05, 0.1) is 29.8 Å². The minimum Gasteiger partial charge on any atom is -0.465 e. The van der Waals surface area contributed by atoms with Gasteiger partial charge in [-0.25, -0.2) is 9.78 Å². The minimum absolute atomic E-state index is 0.235. The van der Waals surface area contributed by atoms with Gasteiger partial charge in [0.2, 0.25) is 0 Å². The summed E-state index contributed by atoms with van der Waals surface area (Å²) in [7, 11) is 1.33. The van der Waals surface area contributed by atoms with Gasteiger partial charge in [-0.3, -0.25) is 10.1 Å². The molecule has 3 aromatic rings. The first-order valence-corrected chi connectivity index (χ1v) is 10.3. The highest BCUT2D eigenvalue weighted by Gasteiger charge is 2.24. The zero-order valence-corrected chi connectivity index (χ0v) is 16.9. The highest BCUT2D eigenvalue weighted by molar-refractivity contribution is 7.15. The number of anilines is 1. The first-order chi connectivity index (χ1) is 14.1. The second-order valence-electron chi connectivity index (χ2n) is 7.00. The number of carbonyl (C=O) groups is 2. The number of carbonyl (C=O) groups excluding carboxylic acids is 2. The minimum atomic E-state index is -0.424. The Kier molecular flexibility index (Phi) is 5.69. The van der Waals surface area contributed by atoms with Crippen molar-refractivity contribution in [3.63, 3.8) is 0 Å². The number of ether oxygens (including phenoxy) is 1. The van der Waals surface area contributed by atoms with E-state index in [9.17, 15) is 9.59 Å². The summed E-state index contributed by atoms with van der Waals surface area (Å²) in [5.74, 6) is -0.659. The van der Waals surface area contributed by atoms with E-state index in [0.717, 1.165) is 31.7 Å². The molecule has 0 aliphatic carbocycles. The lowest BCUT2D eigenvalue weighted by Gasteiger charge is -2.22. The van der Waals surface area contributed by atoms with Crippen molar-refractivity contribution in [1.82, 2.24) is 4.98 Å². The van der Waals surface area contributed by atoms with Crippen LogP contribution in [0, 0.1) is 0 Å². The maximum Gasteiger partial charge on any atom is 0.337 e. The molecule has 2 heterocycles. The molecule has 0 spiro atoms. The number of hydrogen-bond donors (Lipinski definition) is 2. The molecule has 1 aromatic heterocycles. The van der Waals surface area contributed by atoms with Crippen LogP contribution in [0.2, 0.25) is 0 Å². The number of aromatic nitrogens is 1. The molecule has 2 aromatic carbocycles. The summed E-state index contributed by atoms with van der Waals surface area (Å²) in [6.07, 6.45) is 0.914. The third kappa shape index (κ3) is 4.52. The van der Waals surface area contributed by atoms with Gasteiger partial charge in [0.25, 0.3) is 5.91 Å². The molecule has 29 heavy (non-hydrogen) atoms. The average Bonchev–Trinajstić information content (AvgIpc) is 3.15. The highest BCUT2D eigenvalue weighted by Crippen LogP contribution is 2.25. The molecule has 0 saturated carbocycles. The van der Waals surface area contributed by atoms with Crippen LogP contribution < -0.4 is 10.2 Å². The number of hydrogen-bond acceptors (Lipinski definition) is 5. The Balaban J connectivity index is 1.40. The summed E-state index contributed by atoms with van der Waals surface area (Å²) in [6, 6.07) is 16.9. The lowest BCUT2D eigenvalue weighted by atomic mass is 10.1. The number of amides is 1.